The van der Waals surface area contributed by atoms with Crippen LogP contribution in [0.4, 0.5) is 0 Å². The van der Waals surface area contributed by atoms with Gasteiger partial charge in [-0.25, -0.2) is 0 Å². The van der Waals surface area contributed by atoms with Gasteiger partial charge < -0.3 is 14.8 Å². The van der Waals surface area contributed by atoms with Crippen molar-refractivity contribution >= 4 is 0 Å². The highest BCUT2D eigenvalue weighted by atomic mass is 16.3. The summed E-state index contributed by atoms with van der Waals surface area (Å²) in [6.45, 7) is 2.28. The van der Waals surface area contributed by atoms with E-state index in [9.17, 15) is 5.11 Å². The predicted octanol–water partition coefficient (Wildman–Crippen LogP) is 1.36. The van der Waals surface area contributed by atoms with E-state index >= 15 is 0 Å². The van der Waals surface area contributed by atoms with E-state index in [1.165, 1.54) is 12.8 Å². The molecule has 3 nitrogen and oxygen atoms in total. The van der Waals surface area contributed by atoms with Gasteiger partial charge in [-0.1, -0.05) is 0 Å². The molecule has 0 amide bonds. The lowest BCUT2D eigenvalue weighted by Crippen LogP contribution is -2.34. The Hall–Kier alpha value is -0.800. The first-order valence-corrected chi connectivity index (χ1v) is 5.27. The van der Waals surface area contributed by atoms with Crippen molar-refractivity contribution in [3.63, 3.8) is 0 Å². The summed E-state index contributed by atoms with van der Waals surface area (Å²) < 4.78 is 5.35. The van der Waals surface area contributed by atoms with E-state index in [1.54, 1.807) is 6.26 Å². The number of hydrogen-bond donors (Lipinski definition) is 2. The zero-order valence-corrected chi connectivity index (χ0v) is 8.28. The molecule has 0 bridgehead atoms. The second-order valence-corrected chi connectivity index (χ2v) is 3.91. The third-order valence-electron chi connectivity index (χ3n) is 3.01. The summed E-state index contributed by atoms with van der Waals surface area (Å²) in [4.78, 5) is 0. The highest BCUT2D eigenvalue weighted by molar-refractivity contribution is 5.07. The van der Waals surface area contributed by atoms with Gasteiger partial charge in [-0.3, -0.25) is 0 Å². The fourth-order valence-corrected chi connectivity index (χ4v) is 2.20. The zero-order valence-electron chi connectivity index (χ0n) is 8.28. The lowest BCUT2D eigenvalue weighted by molar-refractivity contribution is 0.186. The Bertz CT molecular complexity index is 252. The van der Waals surface area contributed by atoms with E-state index in [2.05, 4.69) is 5.32 Å². The second-order valence-electron chi connectivity index (χ2n) is 3.91. The standard InChI is InChI=1S/C11H17NO2/c13-8-10(11-4-2-6-14-11)9-3-1-5-12-7-9/h2,4,6,9-10,12-13H,1,3,5,7-8H2. The largest absolute Gasteiger partial charge is 0.469 e. The normalized spacial score (nSPS) is 24.8. The van der Waals surface area contributed by atoms with Crippen LogP contribution in [0.5, 0.6) is 0 Å². The number of rotatable bonds is 3. The van der Waals surface area contributed by atoms with E-state index in [0.29, 0.717) is 5.92 Å². The van der Waals surface area contributed by atoms with Gasteiger partial charge in [0, 0.05) is 5.92 Å². The fourth-order valence-electron chi connectivity index (χ4n) is 2.20. The highest BCUT2D eigenvalue weighted by Crippen LogP contribution is 2.29. The van der Waals surface area contributed by atoms with Gasteiger partial charge in [-0.15, -0.1) is 0 Å². The van der Waals surface area contributed by atoms with E-state index < -0.39 is 0 Å². The van der Waals surface area contributed by atoms with Crippen molar-refractivity contribution in [3.05, 3.63) is 24.2 Å². The van der Waals surface area contributed by atoms with Gasteiger partial charge in [0.2, 0.25) is 0 Å². The first-order chi connectivity index (χ1) is 6.92. The SMILES string of the molecule is OCC(c1ccco1)C1CCCNC1. The molecule has 2 rings (SSSR count). The molecule has 1 aromatic rings. The first-order valence-electron chi connectivity index (χ1n) is 5.27. The van der Waals surface area contributed by atoms with Crippen molar-refractivity contribution in [1.82, 2.24) is 5.32 Å². The molecule has 1 aliphatic heterocycles. The van der Waals surface area contributed by atoms with E-state index in [-0.39, 0.29) is 12.5 Å². The predicted molar refractivity (Wildman–Crippen MR) is 54.1 cm³/mol. The molecule has 1 aliphatic rings. The average Bonchev–Trinajstić information content (AvgIpc) is 2.74. The molecular formula is C11H17NO2. The minimum atomic E-state index is 0.165. The molecule has 2 heterocycles. The topological polar surface area (TPSA) is 45.4 Å². The van der Waals surface area contributed by atoms with Gasteiger partial charge in [0.25, 0.3) is 0 Å². The number of aliphatic hydroxyl groups is 1. The fraction of sp³-hybridized carbons (Fsp3) is 0.636. The molecule has 14 heavy (non-hydrogen) atoms. The number of nitrogens with one attached hydrogen (secondary N) is 1. The molecule has 0 saturated carbocycles. The van der Waals surface area contributed by atoms with Gasteiger partial charge >= 0.3 is 0 Å². The summed E-state index contributed by atoms with van der Waals surface area (Å²) in [7, 11) is 0. The van der Waals surface area contributed by atoms with Crippen LogP contribution in [-0.2, 0) is 0 Å². The summed E-state index contributed by atoms with van der Waals surface area (Å²) in [5, 5.41) is 12.7. The molecule has 1 fully saturated rings. The summed E-state index contributed by atoms with van der Waals surface area (Å²) in [6.07, 6.45) is 4.05. The Morgan fingerprint density at radius 3 is 3.14 bits per heavy atom. The van der Waals surface area contributed by atoms with Crippen LogP contribution in [0.15, 0.2) is 22.8 Å². The number of aliphatic hydroxyl groups excluding tert-OH is 1. The van der Waals surface area contributed by atoms with Gasteiger partial charge in [-0.05, 0) is 44.0 Å². The number of furan rings is 1. The van der Waals surface area contributed by atoms with Crippen molar-refractivity contribution in [2.45, 2.75) is 18.8 Å². The molecule has 0 spiro atoms. The molecule has 78 valence electrons. The maximum atomic E-state index is 9.36. The van der Waals surface area contributed by atoms with Crippen LogP contribution in [0.3, 0.4) is 0 Å². The molecule has 1 saturated heterocycles. The number of piperidine rings is 1. The molecule has 2 N–H and O–H groups in total. The average molecular weight is 195 g/mol. The molecular weight excluding hydrogens is 178 g/mol. The molecule has 0 radical (unpaired) electrons. The Morgan fingerprint density at radius 1 is 1.64 bits per heavy atom. The van der Waals surface area contributed by atoms with Crippen molar-refractivity contribution < 1.29 is 9.52 Å². The Kier molecular flexibility index (Phi) is 3.22. The molecule has 2 unspecified atom stereocenters. The quantitative estimate of drug-likeness (QED) is 0.765. The Morgan fingerprint density at radius 2 is 2.57 bits per heavy atom. The first kappa shape index (κ1) is 9.74. The third-order valence-corrected chi connectivity index (χ3v) is 3.01. The van der Waals surface area contributed by atoms with Crippen LogP contribution < -0.4 is 5.32 Å². The molecule has 0 aliphatic carbocycles. The Labute approximate surface area is 84.1 Å². The zero-order chi connectivity index (χ0) is 9.80. The van der Waals surface area contributed by atoms with Gasteiger partial charge in [0.1, 0.15) is 5.76 Å². The minimum Gasteiger partial charge on any atom is -0.469 e. The Balaban J connectivity index is 2.04. The van der Waals surface area contributed by atoms with E-state index in [1.807, 2.05) is 12.1 Å². The van der Waals surface area contributed by atoms with Crippen LogP contribution in [0.2, 0.25) is 0 Å². The molecule has 0 aromatic carbocycles. The molecule has 1 aromatic heterocycles. The van der Waals surface area contributed by atoms with Crippen molar-refractivity contribution in [1.29, 1.82) is 0 Å². The van der Waals surface area contributed by atoms with Gasteiger partial charge in [-0.2, -0.15) is 0 Å². The third kappa shape index (κ3) is 1.99. The maximum absolute atomic E-state index is 9.36. The van der Waals surface area contributed by atoms with Crippen molar-refractivity contribution in [3.8, 4) is 0 Å². The van der Waals surface area contributed by atoms with Gasteiger partial charge in [0.15, 0.2) is 0 Å². The van der Waals surface area contributed by atoms with Crippen LogP contribution >= 0.6 is 0 Å². The number of hydrogen-bond acceptors (Lipinski definition) is 3. The maximum Gasteiger partial charge on any atom is 0.109 e. The monoisotopic (exact) mass is 195 g/mol. The lowest BCUT2D eigenvalue weighted by atomic mass is 9.85. The lowest BCUT2D eigenvalue weighted by Gasteiger charge is -2.28. The van der Waals surface area contributed by atoms with Crippen molar-refractivity contribution in [2.75, 3.05) is 19.7 Å². The van der Waals surface area contributed by atoms with Crippen LogP contribution in [0.1, 0.15) is 24.5 Å². The second kappa shape index (κ2) is 4.62. The van der Waals surface area contributed by atoms with E-state index in [4.69, 9.17) is 4.42 Å². The smallest absolute Gasteiger partial charge is 0.109 e. The summed E-state index contributed by atoms with van der Waals surface area (Å²) in [6, 6.07) is 3.84. The van der Waals surface area contributed by atoms with Crippen LogP contribution in [0.25, 0.3) is 0 Å². The molecule has 2 atom stereocenters. The highest BCUT2D eigenvalue weighted by Gasteiger charge is 2.26. The summed E-state index contributed by atoms with van der Waals surface area (Å²) in [5.41, 5.74) is 0. The molecule has 3 heteroatoms. The summed E-state index contributed by atoms with van der Waals surface area (Å²) in [5.74, 6) is 1.60. The van der Waals surface area contributed by atoms with Crippen molar-refractivity contribution in [2.24, 2.45) is 5.92 Å². The van der Waals surface area contributed by atoms with Crippen LogP contribution in [0, 0.1) is 5.92 Å². The minimum absolute atomic E-state index is 0.165. The van der Waals surface area contributed by atoms with Crippen LogP contribution in [-0.4, -0.2) is 24.8 Å². The van der Waals surface area contributed by atoms with Gasteiger partial charge in [0.05, 0.1) is 12.9 Å². The summed E-state index contributed by atoms with van der Waals surface area (Å²) >= 11 is 0. The van der Waals surface area contributed by atoms with E-state index in [0.717, 1.165) is 18.8 Å².